The van der Waals surface area contributed by atoms with Crippen LogP contribution in [0, 0.1) is 0 Å². The van der Waals surface area contributed by atoms with Crippen molar-refractivity contribution in [3.8, 4) is 5.75 Å². The zero-order chi connectivity index (χ0) is 8.39. The highest BCUT2D eigenvalue weighted by atomic mass is 16.5. The van der Waals surface area contributed by atoms with E-state index in [9.17, 15) is 0 Å². The lowest BCUT2D eigenvalue weighted by molar-refractivity contribution is 0.353. The van der Waals surface area contributed by atoms with Gasteiger partial charge in [-0.15, -0.1) is 0 Å². The van der Waals surface area contributed by atoms with Crippen molar-refractivity contribution in [2.75, 3.05) is 6.61 Å². The molecule has 0 fully saturated rings. The summed E-state index contributed by atoms with van der Waals surface area (Å²) in [5, 5.41) is 0. The van der Waals surface area contributed by atoms with Gasteiger partial charge in [0.1, 0.15) is 5.75 Å². The maximum absolute atomic E-state index is 5.58. The predicted octanol–water partition coefficient (Wildman–Crippen LogP) is 2.57. The van der Waals surface area contributed by atoms with Gasteiger partial charge in [0.05, 0.1) is 6.61 Å². The topological polar surface area (TPSA) is 9.23 Å². The Morgan fingerprint density at radius 1 is 1.42 bits per heavy atom. The Kier molecular flexibility index (Phi) is 2.03. The minimum absolute atomic E-state index is 0.871. The molecule has 0 aliphatic carbocycles. The Bertz CT molecular complexity index is 278. The molecule has 1 aromatic carbocycles. The van der Waals surface area contributed by atoms with Crippen LogP contribution in [0.1, 0.15) is 24.5 Å². The maximum atomic E-state index is 5.58. The van der Waals surface area contributed by atoms with E-state index in [2.05, 4.69) is 25.1 Å². The van der Waals surface area contributed by atoms with E-state index in [0.29, 0.717) is 0 Å². The average Bonchev–Trinajstić information content (AvgIpc) is 2.53. The molecule has 1 heteroatoms. The molecule has 0 unspecified atom stereocenters. The molecule has 0 amide bonds. The molecule has 1 aliphatic heterocycles. The third kappa shape index (κ3) is 1.20. The monoisotopic (exact) mass is 162 g/mol. The number of aryl methyl sites for hydroxylation is 1. The summed E-state index contributed by atoms with van der Waals surface area (Å²) in [5.74, 6) is 1.17. The molecule has 12 heavy (non-hydrogen) atoms. The van der Waals surface area contributed by atoms with E-state index in [0.717, 1.165) is 19.4 Å². The zero-order valence-corrected chi connectivity index (χ0v) is 7.47. The normalized spacial score (nSPS) is 14.1. The predicted molar refractivity (Wildman–Crippen MR) is 49.6 cm³/mol. The van der Waals surface area contributed by atoms with E-state index in [4.69, 9.17) is 4.74 Å². The van der Waals surface area contributed by atoms with Gasteiger partial charge in [0.2, 0.25) is 0 Å². The Balaban J connectivity index is 2.36. The van der Waals surface area contributed by atoms with Crippen LogP contribution >= 0.6 is 0 Å². The van der Waals surface area contributed by atoms with Crippen molar-refractivity contribution in [2.24, 2.45) is 0 Å². The highest BCUT2D eigenvalue weighted by Crippen LogP contribution is 2.29. The Morgan fingerprint density at radius 2 is 2.33 bits per heavy atom. The number of rotatable bonds is 2. The van der Waals surface area contributed by atoms with E-state index in [1.165, 1.54) is 23.3 Å². The fourth-order valence-electron chi connectivity index (χ4n) is 1.75. The second-order valence-corrected chi connectivity index (χ2v) is 3.25. The third-order valence-corrected chi connectivity index (χ3v) is 2.32. The minimum Gasteiger partial charge on any atom is -0.493 e. The van der Waals surface area contributed by atoms with E-state index in [-0.39, 0.29) is 0 Å². The van der Waals surface area contributed by atoms with E-state index in [1.54, 1.807) is 0 Å². The first-order chi connectivity index (χ1) is 5.92. The van der Waals surface area contributed by atoms with Gasteiger partial charge in [-0.1, -0.05) is 31.5 Å². The van der Waals surface area contributed by atoms with Gasteiger partial charge >= 0.3 is 0 Å². The molecule has 0 spiro atoms. The van der Waals surface area contributed by atoms with Gasteiger partial charge in [-0.25, -0.2) is 0 Å². The fraction of sp³-hybridized carbons (Fsp3) is 0.455. The molecular weight excluding hydrogens is 148 g/mol. The van der Waals surface area contributed by atoms with Gasteiger partial charge in [0.25, 0.3) is 0 Å². The van der Waals surface area contributed by atoms with Crippen molar-refractivity contribution in [1.29, 1.82) is 0 Å². The van der Waals surface area contributed by atoms with Gasteiger partial charge in [0, 0.05) is 6.42 Å². The highest BCUT2D eigenvalue weighted by molar-refractivity contribution is 5.43. The minimum atomic E-state index is 0.871. The Morgan fingerprint density at radius 3 is 3.17 bits per heavy atom. The van der Waals surface area contributed by atoms with Crippen LogP contribution in [0.25, 0.3) is 0 Å². The van der Waals surface area contributed by atoms with Crippen LogP contribution in [0.3, 0.4) is 0 Å². The number of fused-ring (bicyclic) bond motifs is 1. The summed E-state index contributed by atoms with van der Waals surface area (Å²) in [5.41, 5.74) is 2.77. The molecule has 2 rings (SSSR count). The van der Waals surface area contributed by atoms with Crippen molar-refractivity contribution in [1.82, 2.24) is 0 Å². The van der Waals surface area contributed by atoms with Crippen molar-refractivity contribution in [3.05, 3.63) is 29.3 Å². The van der Waals surface area contributed by atoms with Crippen molar-refractivity contribution in [2.45, 2.75) is 26.2 Å². The average molecular weight is 162 g/mol. The van der Waals surface area contributed by atoms with Gasteiger partial charge in [0.15, 0.2) is 0 Å². The summed E-state index contributed by atoms with van der Waals surface area (Å²) < 4.78 is 5.58. The Hall–Kier alpha value is -0.980. The number of hydrogen-bond donors (Lipinski definition) is 0. The van der Waals surface area contributed by atoms with E-state index < -0.39 is 0 Å². The molecule has 0 radical (unpaired) electrons. The molecule has 1 heterocycles. The first kappa shape index (κ1) is 7.66. The van der Waals surface area contributed by atoms with Crippen molar-refractivity contribution < 1.29 is 4.74 Å². The van der Waals surface area contributed by atoms with Gasteiger partial charge < -0.3 is 4.74 Å². The van der Waals surface area contributed by atoms with Crippen LogP contribution in [0.4, 0.5) is 0 Å². The smallest absolute Gasteiger partial charge is 0.125 e. The molecule has 1 aliphatic rings. The summed E-state index contributed by atoms with van der Waals surface area (Å²) in [6.07, 6.45) is 3.43. The molecule has 0 bridgehead atoms. The quantitative estimate of drug-likeness (QED) is 0.649. The van der Waals surface area contributed by atoms with Gasteiger partial charge in [-0.05, 0) is 17.5 Å². The Labute approximate surface area is 73.4 Å². The second kappa shape index (κ2) is 3.18. The lowest BCUT2D eigenvalue weighted by atomic mass is 10.0. The van der Waals surface area contributed by atoms with Crippen LogP contribution in [0.2, 0.25) is 0 Å². The zero-order valence-electron chi connectivity index (χ0n) is 7.47. The molecular formula is C11H14O. The lowest BCUT2D eigenvalue weighted by Gasteiger charge is -2.05. The van der Waals surface area contributed by atoms with Crippen LogP contribution in [-0.4, -0.2) is 6.61 Å². The van der Waals surface area contributed by atoms with Crippen molar-refractivity contribution in [3.63, 3.8) is 0 Å². The van der Waals surface area contributed by atoms with Crippen LogP contribution < -0.4 is 4.74 Å². The number of para-hydroxylation sites is 1. The first-order valence-corrected chi connectivity index (χ1v) is 4.65. The summed E-state index contributed by atoms with van der Waals surface area (Å²) in [7, 11) is 0. The highest BCUT2D eigenvalue weighted by Gasteiger charge is 2.14. The number of benzene rings is 1. The largest absolute Gasteiger partial charge is 0.493 e. The number of ether oxygens (including phenoxy) is 1. The SMILES string of the molecule is CCCc1cccc2c1OCC2. The van der Waals surface area contributed by atoms with E-state index >= 15 is 0 Å². The fourth-order valence-corrected chi connectivity index (χ4v) is 1.75. The summed E-state index contributed by atoms with van der Waals surface area (Å²) in [6, 6.07) is 6.48. The summed E-state index contributed by atoms with van der Waals surface area (Å²) in [6.45, 7) is 3.07. The van der Waals surface area contributed by atoms with E-state index in [1.807, 2.05) is 0 Å². The van der Waals surface area contributed by atoms with Crippen LogP contribution in [0.5, 0.6) is 5.75 Å². The first-order valence-electron chi connectivity index (χ1n) is 4.65. The standard InChI is InChI=1S/C11H14O/c1-2-4-9-5-3-6-10-7-8-12-11(9)10/h3,5-6H,2,4,7-8H2,1H3. The second-order valence-electron chi connectivity index (χ2n) is 3.25. The molecule has 1 nitrogen and oxygen atoms in total. The summed E-state index contributed by atoms with van der Waals surface area (Å²) in [4.78, 5) is 0. The third-order valence-electron chi connectivity index (χ3n) is 2.32. The summed E-state index contributed by atoms with van der Waals surface area (Å²) >= 11 is 0. The molecule has 64 valence electrons. The molecule has 0 atom stereocenters. The molecule has 0 aromatic heterocycles. The van der Waals surface area contributed by atoms with Crippen molar-refractivity contribution >= 4 is 0 Å². The van der Waals surface area contributed by atoms with Gasteiger partial charge in [-0.3, -0.25) is 0 Å². The maximum Gasteiger partial charge on any atom is 0.125 e. The lowest BCUT2D eigenvalue weighted by Crippen LogP contribution is -1.91. The number of hydrogen-bond acceptors (Lipinski definition) is 1. The molecule has 0 saturated heterocycles. The van der Waals surface area contributed by atoms with Crippen LogP contribution in [0.15, 0.2) is 18.2 Å². The molecule has 0 saturated carbocycles. The molecule has 1 aromatic rings. The van der Waals surface area contributed by atoms with Crippen LogP contribution in [-0.2, 0) is 12.8 Å². The van der Waals surface area contributed by atoms with Gasteiger partial charge in [-0.2, -0.15) is 0 Å². The molecule has 0 N–H and O–H groups in total.